The lowest BCUT2D eigenvalue weighted by Gasteiger charge is -2.31. The summed E-state index contributed by atoms with van der Waals surface area (Å²) < 4.78 is 27.4. The van der Waals surface area contributed by atoms with E-state index in [1.807, 2.05) is 0 Å². The lowest BCUT2D eigenvalue weighted by Crippen LogP contribution is -2.38. The zero-order valence-corrected chi connectivity index (χ0v) is 16.9. The van der Waals surface area contributed by atoms with Gasteiger partial charge in [0, 0.05) is 36.0 Å². The Bertz CT molecular complexity index is 941. The molecule has 1 aliphatic rings. The standard InChI is InChI=1S/C20H23ClN2O4S/c21-17-4-2-5-18(14-17)22-20(25)16-3-1-6-19(13-16)28(26,27)23-10-7-15(8-11-23)9-12-24/h1-6,13-15,24H,7-12H2,(H,22,25). The van der Waals surface area contributed by atoms with Crippen molar-refractivity contribution in [1.82, 2.24) is 4.31 Å². The van der Waals surface area contributed by atoms with Gasteiger partial charge in [-0.15, -0.1) is 0 Å². The summed E-state index contributed by atoms with van der Waals surface area (Å²) in [6, 6.07) is 12.8. The Morgan fingerprint density at radius 2 is 1.86 bits per heavy atom. The number of carbonyl (C=O) groups is 1. The topological polar surface area (TPSA) is 86.7 Å². The van der Waals surface area contributed by atoms with Crippen LogP contribution in [0.3, 0.4) is 0 Å². The molecule has 0 saturated carbocycles. The normalized spacial score (nSPS) is 16.1. The molecule has 0 spiro atoms. The highest BCUT2D eigenvalue weighted by molar-refractivity contribution is 7.89. The number of halogens is 1. The van der Waals surface area contributed by atoms with Crippen molar-refractivity contribution < 1.29 is 18.3 Å². The summed E-state index contributed by atoms with van der Waals surface area (Å²) in [5.74, 6) is -0.0489. The molecule has 1 amide bonds. The smallest absolute Gasteiger partial charge is 0.255 e. The van der Waals surface area contributed by atoms with Gasteiger partial charge in [0.15, 0.2) is 0 Å². The Kier molecular flexibility index (Phi) is 6.72. The molecule has 8 heteroatoms. The molecule has 0 bridgehead atoms. The van der Waals surface area contributed by atoms with Crippen LogP contribution in [-0.2, 0) is 10.0 Å². The summed E-state index contributed by atoms with van der Waals surface area (Å²) in [5.41, 5.74) is 0.799. The third-order valence-corrected chi connectivity index (χ3v) is 7.06. The SMILES string of the molecule is O=C(Nc1cccc(Cl)c1)c1cccc(S(=O)(=O)N2CCC(CCO)CC2)c1. The molecule has 0 unspecified atom stereocenters. The number of piperidine rings is 1. The van der Waals surface area contributed by atoms with Gasteiger partial charge in [-0.1, -0.05) is 23.7 Å². The number of anilines is 1. The van der Waals surface area contributed by atoms with Crippen LogP contribution in [0.5, 0.6) is 0 Å². The third kappa shape index (κ3) is 4.91. The number of aliphatic hydroxyl groups is 1. The van der Waals surface area contributed by atoms with Crippen molar-refractivity contribution in [2.45, 2.75) is 24.2 Å². The molecule has 1 aliphatic heterocycles. The first kappa shape index (κ1) is 20.8. The number of hydrogen-bond acceptors (Lipinski definition) is 4. The molecular formula is C20H23ClN2O4S. The van der Waals surface area contributed by atoms with Crippen LogP contribution < -0.4 is 5.32 Å². The number of carbonyl (C=O) groups excluding carboxylic acids is 1. The fourth-order valence-corrected chi connectivity index (χ4v) is 5.04. The maximum absolute atomic E-state index is 13.0. The van der Waals surface area contributed by atoms with Gasteiger partial charge in [-0.25, -0.2) is 8.42 Å². The van der Waals surface area contributed by atoms with Gasteiger partial charge < -0.3 is 10.4 Å². The van der Waals surface area contributed by atoms with Gasteiger partial charge in [0.25, 0.3) is 5.91 Å². The second-order valence-electron chi connectivity index (χ2n) is 6.85. The number of nitrogens with zero attached hydrogens (tertiary/aromatic N) is 1. The molecule has 1 saturated heterocycles. The molecule has 0 radical (unpaired) electrons. The largest absolute Gasteiger partial charge is 0.396 e. The zero-order valence-electron chi connectivity index (χ0n) is 15.3. The van der Waals surface area contributed by atoms with Crippen molar-refractivity contribution in [2.24, 2.45) is 5.92 Å². The Hall–Kier alpha value is -1.93. The first-order valence-electron chi connectivity index (χ1n) is 9.18. The summed E-state index contributed by atoms with van der Waals surface area (Å²) in [7, 11) is -3.67. The minimum atomic E-state index is -3.67. The molecule has 150 valence electrons. The molecule has 6 nitrogen and oxygen atoms in total. The van der Waals surface area contributed by atoms with E-state index < -0.39 is 15.9 Å². The Balaban J connectivity index is 1.74. The van der Waals surface area contributed by atoms with Crippen LogP contribution in [-0.4, -0.2) is 43.4 Å². The molecule has 2 aromatic rings. The van der Waals surface area contributed by atoms with E-state index in [0.717, 1.165) is 12.8 Å². The summed E-state index contributed by atoms with van der Waals surface area (Å²) in [4.78, 5) is 12.6. The molecule has 2 aromatic carbocycles. The van der Waals surface area contributed by atoms with Crippen molar-refractivity contribution in [3.8, 4) is 0 Å². The van der Waals surface area contributed by atoms with E-state index in [9.17, 15) is 13.2 Å². The lowest BCUT2D eigenvalue weighted by atomic mass is 9.95. The lowest BCUT2D eigenvalue weighted by molar-refractivity contribution is 0.102. The van der Waals surface area contributed by atoms with Crippen molar-refractivity contribution in [3.05, 3.63) is 59.1 Å². The van der Waals surface area contributed by atoms with Crippen LogP contribution in [0, 0.1) is 5.92 Å². The minimum Gasteiger partial charge on any atom is -0.396 e. The van der Waals surface area contributed by atoms with E-state index in [2.05, 4.69) is 5.32 Å². The Labute approximate surface area is 170 Å². The van der Waals surface area contributed by atoms with Crippen molar-refractivity contribution in [3.63, 3.8) is 0 Å². The third-order valence-electron chi connectivity index (χ3n) is 4.93. The zero-order chi connectivity index (χ0) is 20.1. The average molecular weight is 423 g/mol. The van der Waals surface area contributed by atoms with E-state index in [4.69, 9.17) is 16.7 Å². The van der Waals surface area contributed by atoms with Crippen LogP contribution >= 0.6 is 11.6 Å². The molecule has 1 heterocycles. The van der Waals surface area contributed by atoms with E-state index in [1.165, 1.54) is 16.4 Å². The van der Waals surface area contributed by atoms with Gasteiger partial charge in [0.05, 0.1) is 4.90 Å². The molecule has 0 aliphatic carbocycles. The van der Waals surface area contributed by atoms with Gasteiger partial charge in [0.2, 0.25) is 10.0 Å². The van der Waals surface area contributed by atoms with Crippen LogP contribution in [0.15, 0.2) is 53.4 Å². The fourth-order valence-electron chi connectivity index (χ4n) is 3.34. The van der Waals surface area contributed by atoms with Gasteiger partial charge in [-0.05, 0) is 61.6 Å². The first-order chi connectivity index (χ1) is 13.4. The number of amides is 1. The number of aliphatic hydroxyl groups excluding tert-OH is 1. The summed E-state index contributed by atoms with van der Waals surface area (Å²) >= 11 is 5.93. The maximum Gasteiger partial charge on any atom is 0.255 e. The summed E-state index contributed by atoms with van der Waals surface area (Å²) in [6.45, 7) is 0.971. The second kappa shape index (κ2) is 9.05. The quantitative estimate of drug-likeness (QED) is 0.747. The molecular weight excluding hydrogens is 400 g/mol. The van der Waals surface area contributed by atoms with Gasteiger partial charge in [-0.3, -0.25) is 4.79 Å². The van der Waals surface area contributed by atoms with Gasteiger partial charge >= 0.3 is 0 Å². The minimum absolute atomic E-state index is 0.104. The van der Waals surface area contributed by atoms with Gasteiger partial charge in [0.1, 0.15) is 0 Å². The Morgan fingerprint density at radius 3 is 2.54 bits per heavy atom. The average Bonchev–Trinajstić information content (AvgIpc) is 2.69. The van der Waals surface area contributed by atoms with E-state index in [1.54, 1.807) is 36.4 Å². The number of benzene rings is 2. The Morgan fingerprint density at radius 1 is 1.14 bits per heavy atom. The molecule has 0 aromatic heterocycles. The first-order valence-corrected chi connectivity index (χ1v) is 11.0. The van der Waals surface area contributed by atoms with E-state index in [-0.39, 0.29) is 17.1 Å². The number of sulfonamides is 1. The van der Waals surface area contributed by atoms with Crippen molar-refractivity contribution >= 4 is 33.2 Å². The summed E-state index contributed by atoms with van der Waals surface area (Å²) in [6.07, 6.45) is 2.16. The van der Waals surface area contributed by atoms with Crippen LogP contribution in [0.25, 0.3) is 0 Å². The number of nitrogens with one attached hydrogen (secondary N) is 1. The van der Waals surface area contributed by atoms with Crippen molar-refractivity contribution in [1.29, 1.82) is 0 Å². The number of hydrogen-bond donors (Lipinski definition) is 2. The predicted molar refractivity (Wildman–Crippen MR) is 109 cm³/mol. The molecule has 2 N–H and O–H groups in total. The fraction of sp³-hybridized carbons (Fsp3) is 0.350. The summed E-state index contributed by atoms with van der Waals surface area (Å²) in [5, 5.41) is 12.3. The predicted octanol–water partition coefficient (Wildman–Crippen LogP) is 3.38. The van der Waals surface area contributed by atoms with Gasteiger partial charge in [-0.2, -0.15) is 4.31 Å². The molecule has 1 fully saturated rings. The number of rotatable bonds is 6. The maximum atomic E-state index is 13.0. The molecule has 0 atom stereocenters. The van der Waals surface area contributed by atoms with E-state index >= 15 is 0 Å². The van der Waals surface area contributed by atoms with Crippen molar-refractivity contribution in [2.75, 3.05) is 25.0 Å². The molecule has 28 heavy (non-hydrogen) atoms. The van der Waals surface area contributed by atoms with Crippen LogP contribution in [0.2, 0.25) is 5.02 Å². The molecule has 3 rings (SSSR count). The van der Waals surface area contributed by atoms with Crippen LogP contribution in [0.1, 0.15) is 29.6 Å². The highest BCUT2D eigenvalue weighted by atomic mass is 35.5. The van der Waals surface area contributed by atoms with E-state index in [0.29, 0.717) is 36.1 Å². The monoisotopic (exact) mass is 422 g/mol. The second-order valence-corrected chi connectivity index (χ2v) is 9.23. The highest BCUT2D eigenvalue weighted by Gasteiger charge is 2.29. The van der Waals surface area contributed by atoms with Crippen LogP contribution in [0.4, 0.5) is 5.69 Å². The highest BCUT2D eigenvalue weighted by Crippen LogP contribution is 2.26.